The normalized spacial score (nSPS) is 28.8. The number of hydrogen-bond acceptors (Lipinski definition) is 3. The van der Waals surface area contributed by atoms with Gasteiger partial charge in [0.1, 0.15) is 0 Å². The van der Waals surface area contributed by atoms with Crippen molar-refractivity contribution in [2.45, 2.75) is 45.6 Å². The summed E-state index contributed by atoms with van der Waals surface area (Å²) in [6, 6.07) is 0.735. The molecule has 3 nitrogen and oxygen atoms in total. The van der Waals surface area contributed by atoms with Gasteiger partial charge in [0.25, 0.3) is 0 Å². The summed E-state index contributed by atoms with van der Waals surface area (Å²) in [6.45, 7) is 8.05. The van der Waals surface area contributed by atoms with Gasteiger partial charge in [0.05, 0.1) is 13.2 Å². The number of rotatable bonds is 9. The van der Waals surface area contributed by atoms with E-state index in [1.807, 2.05) is 0 Å². The molecule has 0 aliphatic heterocycles. The number of nitrogens with one attached hydrogen (secondary N) is 1. The molecule has 1 saturated carbocycles. The van der Waals surface area contributed by atoms with Gasteiger partial charge in [-0.15, -0.1) is 0 Å². The summed E-state index contributed by atoms with van der Waals surface area (Å²) >= 11 is 0. The number of hydrogen-bond donors (Lipinski definition) is 1. The molecule has 0 amide bonds. The summed E-state index contributed by atoms with van der Waals surface area (Å²) in [7, 11) is 1.70. The Kier molecular flexibility index (Phi) is 7.82. The molecule has 3 unspecified atom stereocenters. The van der Waals surface area contributed by atoms with Gasteiger partial charge >= 0.3 is 0 Å². The van der Waals surface area contributed by atoms with Gasteiger partial charge in [0, 0.05) is 19.8 Å². The van der Waals surface area contributed by atoms with Crippen LogP contribution in [-0.4, -0.2) is 39.5 Å². The zero-order chi connectivity index (χ0) is 12.5. The first-order chi connectivity index (χ1) is 8.29. The van der Waals surface area contributed by atoms with Crippen molar-refractivity contribution in [3.63, 3.8) is 0 Å². The van der Waals surface area contributed by atoms with Crippen molar-refractivity contribution in [1.82, 2.24) is 5.32 Å². The SMILES string of the molecule is CCC1CCC(NCCCOCCOC)C1C. The molecule has 1 aliphatic rings. The molecule has 1 aliphatic carbocycles. The largest absolute Gasteiger partial charge is 0.382 e. The third kappa shape index (κ3) is 5.36. The lowest BCUT2D eigenvalue weighted by atomic mass is 9.93. The van der Waals surface area contributed by atoms with Crippen molar-refractivity contribution in [2.24, 2.45) is 11.8 Å². The molecule has 0 spiro atoms. The predicted molar refractivity (Wildman–Crippen MR) is 71.3 cm³/mol. The Morgan fingerprint density at radius 1 is 1.18 bits per heavy atom. The summed E-state index contributed by atoms with van der Waals surface area (Å²) in [5, 5.41) is 3.68. The molecular formula is C14H29NO2. The van der Waals surface area contributed by atoms with E-state index in [4.69, 9.17) is 9.47 Å². The van der Waals surface area contributed by atoms with Crippen LogP contribution in [0.3, 0.4) is 0 Å². The molecule has 0 heterocycles. The van der Waals surface area contributed by atoms with Gasteiger partial charge in [-0.1, -0.05) is 20.3 Å². The predicted octanol–water partition coefficient (Wildman–Crippen LogP) is 2.45. The minimum absolute atomic E-state index is 0.700. The highest BCUT2D eigenvalue weighted by Gasteiger charge is 2.30. The fourth-order valence-electron chi connectivity index (χ4n) is 2.82. The van der Waals surface area contributed by atoms with E-state index in [9.17, 15) is 0 Å². The first-order valence-electron chi connectivity index (χ1n) is 7.09. The van der Waals surface area contributed by atoms with E-state index < -0.39 is 0 Å². The van der Waals surface area contributed by atoms with Crippen LogP contribution in [0, 0.1) is 11.8 Å². The zero-order valence-corrected chi connectivity index (χ0v) is 11.7. The van der Waals surface area contributed by atoms with Crippen LogP contribution in [0.15, 0.2) is 0 Å². The minimum Gasteiger partial charge on any atom is -0.382 e. The van der Waals surface area contributed by atoms with E-state index in [0.29, 0.717) is 13.2 Å². The van der Waals surface area contributed by atoms with Gasteiger partial charge in [-0.3, -0.25) is 0 Å². The molecule has 1 fully saturated rings. The highest BCUT2D eigenvalue weighted by atomic mass is 16.5. The molecule has 3 heteroatoms. The Hall–Kier alpha value is -0.120. The third-order valence-corrected chi connectivity index (χ3v) is 4.05. The zero-order valence-electron chi connectivity index (χ0n) is 11.7. The first-order valence-corrected chi connectivity index (χ1v) is 7.09. The van der Waals surface area contributed by atoms with Crippen LogP contribution in [0.1, 0.15) is 39.5 Å². The summed E-state index contributed by atoms with van der Waals surface area (Å²) in [5.41, 5.74) is 0. The molecule has 0 aromatic rings. The van der Waals surface area contributed by atoms with Gasteiger partial charge in [-0.2, -0.15) is 0 Å². The third-order valence-electron chi connectivity index (χ3n) is 4.05. The molecule has 1 rings (SSSR count). The van der Waals surface area contributed by atoms with Gasteiger partial charge in [-0.25, -0.2) is 0 Å². The second kappa shape index (κ2) is 8.90. The van der Waals surface area contributed by atoms with E-state index in [2.05, 4.69) is 19.2 Å². The standard InChI is InChI=1S/C14H29NO2/c1-4-13-6-7-14(12(13)2)15-8-5-9-17-11-10-16-3/h12-15H,4-11H2,1-3H3. The molecule has 0 aromatic heterocycles. The van der Waals surface area contributed by atoms with Crippen molar-refractivity contribution in [1.29, 1.82) is 0 Å². The maximum atomic E-state index is 5.44. The maximum Gasteiger partial charge on any atom is 0.0700 e. The lowest BCUT2D eigenvalue weighted by Gasteiger charge is -2.21. The van der Waals surface area contributed by atoms with E-state index in [1.54, 1.807) is 7.11 Å². The fraction of sp³-hybridized carbons (Fsp3) is 1.00. The van der Waals surface area contributed by atoms with E-state index in [-0.39, 0.29) is 0 Å². The van der Waals surface area contributed by atoms with Crippen molar-refractivity contribution < 1.29 is 9.47 Å². The maximum absolute atomic E-state index is 5.44. The van der Waals surface area contributed by atoms with Gasteiger partial charge < -0.3 is 14.8 Å². The molecule has 3 atom stereocenters. The highest BCUT2D eigenvalue weighted by molar-refractivity contribution is 4.86. The molecule has 17 heavy (non-hydrogen) atoms. The Morgan fingerprint density at radius 3 is 2.65 bits per heavy atom. The van der Waals surface area contributed by atoms with Crippen molar-refractivity contribution >= 4 is 0 Å². The first kappa shape index (κ1) is 14.9. The van der Waals surface area contributed by atoms with Crippen LogP contribution in [-0.2, 0) is 9.47 Å². The molecule has 0 aromatic carbocycles. The van der Waals surface area contributed by atoms with Crippen LogP contribution in [0.5, 0.6) is 0 Å². The molecule has 102 valence electrons. The molecule has 0 bridgehead atoms. The average molecular weight is 243 g/mol. The summed E-state index contributed by atoms with van der Waals surface area (Å²) in [4.78, 5) is 0. The lowest BCUT2D eigenvalue weighted by Crippen LogP contribution is -2.33. The number of methoxy groups -OCH3 is 1. The minimum atomic E-state index is 0.700. The van der Waals surface area contributed by atoms with Gasteiger partial charge in [-0.05, 0) is 37.6 Å². The summed E-state index contributed by atoms with van der Waals surface area (Å²) < 4.78 is 10.4. The van der Waals surface area contributed by atoms with E-state index in [1.165, 1.54) is 19.3 Å². The Labute approximate surface area is 106 Å². The van der Waals surface area contributed by atoms with E-state index >= 15 is 0 Å². The van der Waals surface area contributed by atoms with Crippen LogP contribution < -0.4 is 5.32 Å². The average Bonchev–Trinajstić information content (AvgIpc) is 2.69. The molecular weight excluding hydrogens is 214 g/mol. The number of ether oxygens (including phenoxy) is 2. The fourth-order valence-corrected chi connectivity index (χ4v) is 2.82. The Bertz CT molecular complexity index is 187. The van der Waals surface area contributed by atoms with Crippen molar-refractivity contribution in [2.75, 3.05) is 33.5 Å². The Morgan fingerprint density at radius 2 is 2.00 bits per heavy atom. The summed E-state index contributed by atoms with van der Waals surface area (Å²) in [5.74, 6) is 1.78. The van der Waals surface area contributed by atoms with Crippen LogP contribution in [0.25, 0.3) is 0 Å². The van der Waals surface area contributed by atoms with Crippen molar-refractivity contribution in [3.8, 4) is 0 Å². The lowest BCUT2D eigenvalue weighted by molar-refractivity contribution is 0.0691. The van der Waals surface area contributed by atoms with Gasteiger partial charge in [0.2, 0.25) is 0 Å². The highest BCUT2D eigenvalue weighted by Crippen LogP contribution is 2.33. The van der Waals surface area contributed by atoms with Crippen LogP contribution >= 0.6 is 0 Å². The van der Waals surface area contributed by atoms with Crippen LogP contribution in [0.4, 0.5) is 0 Å². The topological polar surface area (TPSA) is 30.5 Å². The summed E-state index contributed by atoms with van der Waals surface area (Å²) in [6.07, 6.45) is 5.19. The van der Waals surface area contributed by atoms with Crippen molar-refractivity contribution in [3.05, 3.63) is 0 Å². The van der Waals surface area contributed by atoms with Crippen LogP contribution in [0.2, 0.25) is 0 Å². The quantitative estimate of drug-likeness (QED) is 0.631. The smallest absolute Gasteiger partial charge is 0.0700 e. The second-order valence-electron chi connectivity index (χ2n) is 5.12. The molecule has 0 radical (unpaired) electrons. The second-order valence-corrected chi connectivity index (χ2v) is 5.12. The Balaban J connectivity index is 1.96. The molecule has 0 saturated heterocycles. The monoisotopic (exact) mass is 243 g/mol. The van der Waals surface area contributed by atoms with Gasteiger partial charge in [0.15, 0.2) is 0 Å². The molecule has 1 N–H and O–H groups in total. The van der Waals surface area contributed by atoms with E-state index in [0.717, 1.165) is 37.5 Å².